The molecule has 19 aliphatic heterocycles. The number of carboxylic acids is 2. The van der Waals surface area contributed by atoms with Gasteiger partial charge in [-0.2, -0.15) is 15.8 Å². The maximum absolute atomic E-state index is 15.8. The molecule has 121 heavy (non-hydrogen) atoms. The van der Waals surface area contributed by atoms with Crippen molar-refractivity contribution in [2.24, 2.45) is 25.0 Å². The van der Waals surface area contributed by atoms with Crippen molar-refractivity contribution in [3.63, 3.8) is 0 Å². The molecule has 20 nitrogen and oxygen atoms in total. The van der Waals surface area contributed by atoms with Gasteiger partial charge in [0.1, 0.15) is 23.4 Å². The molecule has 24 aliphatic rings. The summed E-state index contributed by atoms with van der Waals surface area (Å²) in [5, 5.41) is 102. The Labute approximate surface area is 683 Å². The van der Waals surface area contributed by atoms with Crippen molar-refractivity contribution < 1.29 is 35.1 Å². The lowest BCUT2D eigenvalue weighted by atomic mass is 9.54. The number of nitriles is 3. The summed E-state index contributed by atoms with van der Waals surface area (Å²) in [5.74, 6) is -4.52. The quantitative estimate of drug-likeness (QED) is 0.0265. The third-order valence-corrected chi connectivity index (χ3v) is 30.6. The molecule has 0 radical (unpaired) electrons. The normalized spacial score (nSPS) is 28.3. The van der Waals surface area contributed by atoms with Crippen molar-refractivity contribution in [2.45, 2.75) is 87.5 Å². The molecule has 564 valence electrons. The van der Waals surface area contributed by atoms with Crippen LogP contribution in [0.2, 0.25) is 0 Å². The van der Waals surface area contributed by atoms with E-state index >= 15 is 4.79 Å². The van der Waals surface area contributed by atoms with Crippen molar-refractivity contribution in [1.82, 2.24) is 14.0 Å². The lowest BCUT2D eigenvalue weighted by Crippen LogP contribution is -2.62. The van der Waals surface area contributed by atoms with Gasteiger partial charge >= 0.3 is 11.9 Å². The highest BCUT2D eigenvalue weighted by molar-refractivity contribution is 6.49. The van der Waals surface area contributed by atoms with E-state index < -0.39 is 53.9 Å². The Bertz CT molecular complexity index is 8490. The first kappa shape index (κ1) is 62.7. The number of aromatic hydroxyl groups is 1. The van der Waals surface area contributed by atoms with E-state index in [0.29, 0.717) is 93.0 Å². The molecular formula is C101H53N13O7. The molecule has 5 N–H and O–H groups in total. The van der Waals surface area contributed by atoms with Gasteiger partial charge in [0.15, 0.2) is 5.76 Å². The number of hydrogen-bond acceptors (Lipinski definition) is 16. The van der Waals surface area contributed by atoms with Crippen LogP contribution in [0.4, 0.5) is 22.7 Å². The second kappa shape index (κ2) is 20.0. The fourth-order valence-corrected chi connectivity index (χ4v) is 27.2. The van der Waals surface area contributed by atoms with E-state index in [1.807, 2.05) is 42.3 Å². The monoisotopic (exact) mass is 1560 g/mol. The van der Waals surface area contributed by atoms with Crippen LogP contribution < -0.4 is 20.2 Å². The topological polar surface area (TPSA) is 288 Å². The summed E-state index contributed by atoms with van der Waals surface area (Å²) in [6, 6.07) is 20.8. The molecule has 0 fully saturated rings. The van der Waals surface area contributed by atoms with Gasteiger partial charge in [0.05, 0.1) is 129 Å². The van der Waals surface area contributed by atoms with Crippen LogP contribution in [-0.2, 0) is 29.0 Å². The zero-order valence-corrected chi connectivity index (χ0v) is 63.7. The van der Waals surface area contributed by atoms with Gasteiger partial charge in [0, 0.05) is 184 Å². The van der Waals surface area contributed by atoms with Crippen LogP contribution >= 0.6 is 0 Å². The van der Waals surface area contributed by atoms with Gasteiger partial charge in [-0.05, 0) is 174 Å². The number of carboxylic acid groups (broad SMARTS) is 2. The van der Waals surface area contributed by atoms with Gasteiger partial charge in [0.2, 0.25) is 0 Å². The van der Waals surface area contributed by atoms with Gasteiger partial charge in [-0.15, -0.1) is 0 Å². The van der Waals surface area contributed by atoms with Gasteiger partial charge in [-0.3, -0.25) is 34.7 Å². The lowest BCUT2D eigenvalue weighted by molar-refractivity contribution is -0.136. The fraction of sp³-hybridized carbons (Fsp3) is 0.149. The average Bonchev–Trinajstić information content (AvgIpc) is 0.630. The van der Waals surface area contributed by atoms with Crippen LogP contribution in [0.3, 0.4) is 0 Å². The number of phenolic OH excluding ortho intramolecular Hbond substituents is 1. The van der Waals surface area contributed by atoms with Gasteiger partial charge < -0.3 is 44.5 Å². The van der Waals surface area contributed by atoms with E-state index in [2.05, 4.69) is 110 Å². The summed E-state index contributed by atoms with van der Waals surface area (Å²) in [6.45, 7) is 2.54. The minimum atomic E-state index is -1.16. The molecule has 20 heteroatoms. The first-order valence-corrected chi connectivity index (χ1v) is 41.3. The Morgan fingerprint density at radius 2 is 1.64 bits per heavy atom. The number of aliphatic hydroxyl groups excluding tert-OH is 2. The summed E-state index contributed by atoms with van der Waals surface area (Å²) >= 11 is 0. The third kappa shape index (κ3) is 6.47. The fourth-order valence-electron chi connectivity index (χ4n) is 27.2. The first-order valence-electron chi connectivity index (χ1n) is 41.3. The summed E-state index contributed by atoms with van der Waals surface area (Å²) in [4.78, 5) is 64.5. The van der Waals surface area contributed by atoms with Crippen molar-refractivity contribution in [3.05, 3.63) is 294 Å². The highest BCUT2D eigenvalue weighted by Crippen LogP contribution is 2.73. The van der Waals surface area contributed by atoms with Gasteiger partial charge in [0.25, 0.3) is 0 Å². The Hall–Kier alpha value is -15.6. The predicted octanol–water partition coefficient (Wildman–Crippen LogP) is 15.9. The highest BCUT2D eigenvalue weighted by atomic mass is 16.4. The number of allylic oxidation sites excluding steroid dienone is 12. The molecule has 20 heterocycles. The molecule has 5 aliphatic carbocycles. The molecule has 0 saturated carbocycles. The number of rotatable bonds is 11. The number of aliphatic carboxylic acids is 2. The molecule has 8 atom stereocenters. The largest absolute Gasteiger partial charge is 0.507 e. The van der Waals surface area contributed by atoms with Crippen molar-refractivity contribution in [2.75, 3.05) is 16.3 Å². The summed E-state index contributed by atoms with van der Waals surface area (Å²) < 4.78 is 4.88. The number of nitrogens with zero attached hydrogens (tertiary/aromatic N) is 13. The first-order chi connectivity index (χ1) is 59.3. The van der Waals surface area contributed by atoms with Crippen molar-refractivity contribution in [1.29, 1.82) is 15.8 Å². The smallest absolute Gasteiger partial charge is 0.338 e. The van der Waals surface area contributed by atoms with Crippen LogP contribution in [0.15, 0.2) is 208 Å². The third-order valence-electron chi connectivity index (χ3n) is 30.6. The number of aliphatic imine (C=N–C) groups is 5. The average molecular weight is 1560 g/mol. The maximum atomic E-state index is 15.8. The molecule has 6 aromatic carbocycles. The second-order valence-electron chi connectivity index (χ2n) is 35.3. The van der Waals surface area contributed by atoms with Crippen LogP contribution in [0, 0.1) is 34.0 Å². The number of hydrogen-bond donors (Lipinski definition) is 5. The van der Waals surface area contributed by atoms with Crippen LogP contribution in [-0.4, -0.2) is 106 Å². The molecule has 0 amide bonds. The van der Waals surface area contributed by atoms with E-state index in [-0.39, 0.29) is 42.2 Å². The van der Waals surface area contributed by atoms with Gasteiger partial charge in [-0.25, -0.2) is 4.79 Å². The SMILES string of the molecule is C/C=C\c1c2cn(C/C=C/C#N)c3c4ccc5c6c4cc4c3n-2c2c3c7c8c9c(cc(/N=C\CC#N)c1C92)N=C1C(C(=O)O)=C2/C=C9/C%10=C%11C%12=C%13C%14=C%15/C%16=C\%12C%12=C%10C2=C(/C(=C/7C2=NC7/C%10=C(\C%16)CC%15/C(=C\c%15cc(O)c%16c(c%15)C%10=C%10C(=CC%15=C%17/C(=C\C(/C2=C\34)N7C%10%17)C6C(=N%15)C=C5)N%16C/C=C/CC(=O)O)C(O)=C%14\C=N/C%13=C(O)/C/%11=C/N9/C=C/C#N)C%12)C18. The van der Waals surface area contributed by atoms with Crippen LogP contribution in [0.5, 0.6) is 5.75 Å². The highest BCUT2D eigenvalue weighted by Gasteiger charge is 2.64. The van der Waals surface area contributed by atoms with E-state index in [1.54, 1.807) is 36.8 Å². The Morgan fingerprint density at radius 1 is 0.744 bits per heavy atom. The molecule has 31 rings (SSSR count). The lowest BCUT2D eigenvalue weighted by Gasteiger charge is -2.60. The molecule has 60 bridgehead atoms. The Balaban J connectivity index is 0.883. The number of benzene rings is 6. The number of anilines is 2. The summed E-state index contributed by atoms with van der Waals surface area (Å²) in [7, 11) is 0. The number of phenols is 1. The molecule has 0 spiro atoms. The second-order valence-corrected chi connectivity index (χ2v) is 35.3. The van der Waals surface area contributed by atoms with Crippen LogP contribution in [0.1, 0.15) is 150 Å². The summed E-state index contributed by atoms with van der Waals surface area (Å²) in [5.41, 5.74) is 38.7. The zero-order valence-electron chi connectivity index (χ0n) is 63.7. The van der Waals surface area contributed by atoms with Gasteiger partial charge in [-0.1, -0.05) is 60.2 Å². The zero-order chi connectivity index (χ0) is 79.6. The van der Waals surface area contributed by atoms with Crippen LogP contribution in [0.25, 0.3) is 112 Å². The van der Waals surface area contributed by atoms with E-state index in [9.17, 15) is 46.1 Å². The number of aliphatic hydroxyl groups is 2. The van der Waals surface area contributed by atoms with Crippen molar-refractivity contribution in [3.8, 4) is 29.6 Å². The Morgan fingerprint density at radius 3 is 2.50 bits per heavy atom. The molecule has 7 aromatic rings. The maximum Gasteiger partial charge on any atom is 0.338 e. The van der Waals surface area contributed by atoms with E-state index in [1.165, 1.54) is 6.08 Å². The number of fused-ring (bicyclic) bond motifs is 3. The summed E-state index contributed by atoms with van der Waals surface area (Å²) in [6.07, 6.45) is 33.4. The minimum Gasteiger partial charge on any atom is -0.507 e. The number of aromatic nitrogens is 2. The molecular weight excluding hydrogens is 1510 g/mol. The Kier molecular flexibility index (Phi) is 10.4. The molecule has 8 unspecified atom stereocenters. The van der Waals surface area contributed by atoms with Crippen molar-refractivity contribution >= 4 is 171 Å². The standard InChI is InChI=1S/C101H53N13O7/c1-2-9-40-60-35-111(19-6-4-15-102)94-39-13-11-37-12-14-53-68-47-30-59-81-74-50(27-42(39)63(37)68)95(94)113(60)97-88-67(40)54(105-18-7-16-103)31-55-79(88)85-84(89(74)97)77-46-28-45-66-44-26-38-25-41-43(22-36-23-49-73-64(38)100(109-90(77)81)114(59)96-69(47)56(107-53)32-58(82(73)96)112(93(49)61(115)24-36)21-5-3-10-62(116)117)98(118)51-33-106-92-87(75(51)65(41)44)83(66)76-52(99(92)119)34-110(20-8-17-104)57-29-48-70(71(45)80(57)76)72(46)86(85)91(108-55)78(48)101(120)121/h2-6,8-9,11-14,18,20,22-24,27,29-35,41,59,68,86,88,96,100,115,118-119H,7,10,19,21,25-26,28H2,1H3,(H,116,117)(H,120,121)/b5-3+,6-4+,9-2-,20-8+,43-22+,64-38-,105-18-. The number of carbonyl (C=O) groups is 2. The molecule has 1 aromatic heterocycles. The van der Waals surface area contributed by atoms with E-state index in [0.717, 1.165) is 228 Å². The van der Waals surface area contributed by atoms with E-state index in [4.69, 9.17) is 25.0 Å². The molecule has 0 saturated heterocycles. The minimum absolute atomic E-state index is 0.00477. The predicted molar refractivity (Wildman–Crippen MR) is 461 cm³/mol.